The number of aliphatic hydroxyl groups excluding tert-OH is 1. The van der Waals surface area contributed by atoms with Gasteiger partial charge in [-0.2, -0.15) is 0 Å². The first-order valence-electron chi connectivity index (χ1n) is 10.9. The SMILES string of the molecule is CCCCCOc1ccc(/C(O)=C2/C(=O)C(=O)N(c3ccc(F)cc3F)C2c2cccs2)cc1. The summed E-state index contributed by atoms with van der Waals surface area (Å²) < 4.78 is 33.8. The molecule has 2 aromatic carbocycles. The van der Waals surface area contributed by atoms with E-state index in [1.807, 2.05) is 0 Å². The number of amides is 1. The molecule has 3 aromatic rings. The van der Waals surface area contributed by atoms with Crippen LogP contribution in [0.2, 0.25) is 0 Å². The van der Waals surface area contributed by atoms with Gasteiger partial charge in [-0.05, 0) is 54.3 Å². The maximum absolute atomic E-state index is 14.6. The minimum Gasteiger partial charge on any atom is -0.507 e. The van der Waals surface area contributed by atoms with Crippen molar-refractivity contribution in [3.63, 3.8) is 0 Å². The summed E-state index contributed by atoms with van der Waals surface area (Å²) in [6.45, 7) is 2.68. The number of carbonyl (C=O) groups is 2. The number of halogens is 2. The molecule has 1 fully saturated rings. The first-order chi connectivity index (χ1) is 16.4. The third-order valence-corrected chi connectivity index (χ3v) is 6.50. The summed E-state index contributed by atoms with van der Waals surface area (Å²) in [7, 11) is 0. The number of unbranched alkanes of at least 4 members (excludes halogenated alkanes) is 2. The van der Waals surface area contributed by atoms with Gasteiger partial charge in [-0.25, -0.2) is 8.78 Å². The average Bonchev–Trinajstić information content (AvgIpc) is 3.44. The van der Waals surface area contributed by atoms with E-state index in [9.17, 15) is 23.5 Å². The number of benzene rings is 2. The molecule has 1 aliphatic heterocycles. The Morgan fingerprint density at radius 3 is 2.50 bits per heavy atom. The molecule has 8 heteroatoms. The van der Waals surface area contributed by atoms with Crippen LogP contribution in [0, 0.1) is 11.6 Å². The molecule has 1 unspecified atom stereocenters. The van der Waals surface area contributed by atoms with E-state index in [2.05, 4.69) is 6.92 Å². The van der Waals surface area contributed by atoms with Crippen LogP contribution in [0.3, 0.4) is 0 Å². The van der Waals surface area contributed by atoms with Crippen molar-refractivity contribution in [3.05, 3.63) is 87.6 Å². The van der Waals surface area contributed by atoms with Crippen LogP contribution >= 0.6 is 11.3 Å². The lowest BCUT2D eigenvalue weighted by molar-refractivity contribution is -0.132. The molecule has 1 aliphatic rings. The van der Waals surface area contributed by atoms with Gasteiger partial charge in [-0.3, -0.25) is 14.5 Å². The minimum atomic E-state index is -1.05. The molecule has 1 atom stereocenters. The van der Waals surface area contributed by atoms with Crippen LogP contribution in [0.1, 0.15) is 42.7 Å². The van der Waals surface area contributed by atoms with Crippen molar-refractivity contribution < 1.29 is 28.2 Å². The fourth-order valence-corrected chi connectivity index (χ4v) is 4.70. The molecule has 5 nitrogen and oxygen atoms in total. The standard InChI is InChI=1S/C26H23F2NO4S/c1-2-3-4-13-33-18-10-7-16(8-11-18)24(30)22-23(21-6-5-14-34-21)29(26(32)25(22)31)20-12-9-17(27)15-19(20)28/h5-12,14-15,23,30H,2-4,13H2,1H3/b24-22-. The van der Waals surface area contributed by atoms with Gasteiger partial charge in [0.2, 0.25) is 0 Å². The summed E-state index contributed by atoms with van der Waals surface area (Å²) in [5.74, 6) is -3.48. The Labute approximate surface area is 199 Å². The van der Waals surface area contributed by atoms with Crippen molar-refractivity contribution in [2.24, 2.45) is 0 Å². The van der Waals surface area contributed by atoms with Crippen molar-refractivity contribution in [2.75, 3.05) is 11.5 Å². The highest BCUT2D eigenvalue weighted by Gasteiger charge is 2.48. The Kier molecular flexibility index (Phi) is 7.07. The van der Waals surface area contributed by atoms with Crippen LogP contribution in [-0.2, 0) is 9.59 Å². The summed E-state index contributed by atoms with van der Waals surface area (Å²) in [6.07, 6.45) is 3.08. The second-order valence-electron chi connectivity index (χ2n) is 7.86. The number of rotatable bonds is 8. The van der Waals surface area contributed by atoms with Crippen LogP contribution < -0.4 is 9.64 Å². The molecule has 0 radical (unpaired) electrons. The molecule has 0 saturated carbocycles. The van der Waals surface area contributed by atoms with Gasteiger partial charge in [-0.1, -0.05) is 25.8 Å². The summed E-state index contributed by atoms with van der Waals surface area (Å²) in [5, 5.41) is 12.8. The van der Waals surface area contributed by atoms with E-state index in [4.69, 9.17) is 4.74 Å². The Balaban J connectivity index is 1.73. The first-order valence-corrected chi connectivity index (χ1v) is 11.8. The first kappa shape index (κ1) is 23.6. The number of carbonyl (C=O) groups excluding carboxylic acids is 2. The van der Waals surface area contributed by atoms with Crippen molar-refractivity contribution in [1.29, 1.82) is 0 Å². The molecule has 0 aliphatic carbocycles. The predicted molar refractivity (Wildman–Crippen MR) is 127 cm³/mol. The number of nitrogens with zero attached hydrogens (tertiary/aromatic N) is 1. The second-order valence-corrected chi connectivity index (χ2v) is 8.84. The van der Waals surface area contributed by atoms with Gasteiger partial charge in [0.15, 0.2) is 0 Å². The lowest BCUT2D eigenvalue weighted by Crippen LogP contribution is -2.30. The molecule has 34 heavy (non-hydrogen) atoms. The normalized spacial score (nSPS) is 17.4. The van der Waals surface area contributed by atoms with Gasteiger partial charge in [0.25, 0.3) is 11.7 Å². The van der Waals surface area contributed by atoms with Crippen molar-refractivity contribution >= 4 is 34.5 Å². The highest BCUT2D eigenvalue weighted by Crippen LogP contribution is 2.44. The Morgan fingerprint density at radius 2 is 1.85 bits per heavy atom. The maximum atomic E-state index is 14.6. The van der Waals surface area contributed by atoms with E-state index in [0.717, 1.165) is 36.3 Å². The fourth-order valence-electron chi connectivity index (χ4n) is 3.88. The predicted octanol–water partition coefficient (Wildman–Crippen LogP) is 6.22. The number of ketones is 1. The molecule has 2 heterocycles. The number of ether oxygens (including phenoxy) is 1. The minimum absolute atomic E-state index is 0.159. The average molecular weight is 484 g/mol. The number of anilines is 1. The highest BCUT2D eigenvalue weighted by molar-refractivity contribution is 7.10. The zero-order chi connectivity index (χ0) is 24.2. The molecule has 0 spiro atoms. The number of aliphatic hydroxyl groups is 1. The third-order valence-electron chi connectivity index (χ3n) is 5.57. The van der Waals surface area contributed by atoms with Crippen LogP contribution in [0.15, 0.2) is 65.6 Å². The summed E-state index contributed by atoms with van der Waals surface area (Å²) in [5.41, 5.74) is -0.0791. The van der Waals surface area contributed by atoms with Gasteiger partial charge in [0.1, 0.15) is 29.2 Å². The van der Waals surface area contributed by atoms with Gasteiger partial charge in [0, 0.05) is 16.5 Å². The molecule has 0 bridgehead atoms. The lowest BCUT2D eigenvalue weighted by atomic mass is 9.99. The van der Waals surface area contributed by atoms with Gasteiger partial charge >= 0.3 is 0 Å². The molecular formula is C26H23F2NO4S. The van der Waals surface area contributed by atoms with Gasteiger partial charge < -0.3 is 9.84 Å². The summed E-state index contributed by atoms with van der Waals surface area (Å²) in [6, 6.07) is 11.7. The second kappa shape index (κ2) is 10.2. The van der Waals surface area contributed by atoms with Crippen molar-refractivity contribution in [2.45, 2.75) is 32.2 Å². The molecule has 4 rings (SSSR count). The molecule has 176 valence electrons. The third kappa shape index (κ3) is 4.59. The topological polar surface area (TPSA) is 66.8 Å². The van der Waals surface area contributed by atoms with Crippen LogP contribution in [0.25, 0.3) is 5.76 Å². The van der Waals surface area contributed by atoms with Crippen LogP contribution in [0.5, 0.6) is 5.75 Å². The monoisotopic (exact) mass is 483 g/mol. The summed E-state index contributed by atoms with van der Waals surface area (Å²) >= 11 is 1.26. The zero-order valence-electron chi connectivity index (χ0n) is 18.5. The largest absolute Gasteiger partial charge is 0.507 e. The van der Waals surface area contributed by atoms with Crippen molar-refractivity contribution in [1.82, 2.24) is 0 Å². The van der Waals surface area contributed by atoms with Crippen molar-refractivity contribution in [3.8, 4) is 5.75 Å². The number of hydrogen-bond donors (Lipinski definition) is 1. The highest BCUT2D eigenvalue weighted by atomic mass is 32.1. The van der Waals surface area contributed by atoms with Gasteiger partial charge in [-0.15, -0.1) is 11.3 Å². The molecule has 1 N–H and O–H groups in total. The quantitative estimate of drug-likeness (QED) is 0.179. The van der Waals surface area contributed by atoms with Crippen LogP contribution in [-0.4, -0.2) is 23.4 Å². The fraction of sp³-hybridized carbons (Fsp3) is 0.231. The number of thiophene rings is 1. The Morgan fingerprint density at radius 1 is 1.09 bits per heavy atom. The van der Waals surface area contributed by atoms with E-state index in [1.165, 1.54) is 11.3 Å². The summed E-state index contributed by atoms with van der Waals surface area (Å²) in [4.78, 5) is 27.5. The number of hydrogen-bond acceptors (Lipinski definition) is 5. The molecule has 1 amide bonds. The van der Waals surface area contributed by atoms with E-state index in [-0.39, 0.29) is 17.0 Å². The Bertz CT molecular complexity index is 1220. The van der Waals surface area contributed by atoms with Crippen LogP contribution in [0.4, 0.5) is 14.5 Å². The zero-order valence-corrected chi connectivity index (χ0v) is 19.3. The molecule has 1 saturated heterocycles. The smallest absolute Gasteiger partial charge is 0.300 e. The molecular weight excluding hydrogens is 460 g/mol. The molecule has 1 aromatic heterocycles. The van der Waals surface area contributed by atoms with E-state index >= 15 is 0 Å². The Hall–Kier alpha value is -3.52. The maximum Gasteiger partial charge on any atom is 0.300 e. The van der Waals surface area contributed by atoms with E-state index < -0.39 is 29.4 Å². The van der Waals surface area contributed by atoms with Gasteiger partial charge in [0.05, 0.1) is 17.9 Å². The van der Waals surface area contributed by atoms with E-state index in [1.54, 1.807) is 41.8 Å². The number of Topliss-reactive ketones (excluding diaryl/α,β-unsaturated/α-hetero) is 1. The lowest BCUT2D eigenvalue weighted by Gasteiger charge is -2.24. The van der Waals surface area contributed by atoms with E-state index in [0.29, 0.717) is 28.9 Å².